The summed E-state index contributed by atoms with van der Waals surface area (Å²) in [7, 11) is 0. The summed E-state index contributed by atoms with van der Waals surface area (Å²) in [5, 5.41) is 12.8. The van der Waals surface area contributed by atoms with Crippen molar-refractivity contribution in [3.8, 4) is 11.3 Å². The van der Waals surface area contributed by atoms with E-state index in [-0.39, 0.29) is 23.4 Å². The molecular formula is C27H29BrF2N4O2. The monoisotopic (exact) mass is 558 g/mol. The predicted octanol–water partition coefficient (Wildman–Crippen LogP) is 6.06. The number of carbonyl (C=O) groups excluding carboxylic acids is 1. The third-order valence-electron chi connectivity index (χ3n) is 6.54. The summed E-state index contributed by atoms with van der Waals surface area (Å²) in [5.41, 5.74) is 7.98. The Morgan fingerprint density at radius 1 is 1.25 bits per heavy atom. The third kappa shape index (κ3) is 6.07. The fraction of sp³-hybridized carbons (Fsp3) is 0.370. The minimum atomic E-state index is -0.722. The van der Waals surface area contributed by atoms with Crippen LogP contribution in [0.4, 0.5) is 14.6 Å². The lowest BCUT2D eigenvalue weighted by molar-refractivity contribution is 0.0930. The van der Waals surface area contributed by atoms with Crippen LogP contribution in [-0.4, -0.2) is 27.1 Å². The zero-order chi connectivity index (χ0) is 25.8. The van der Waals surface area contributed by atoms with Gasteiger partial charge in [-0.15, -0.1) is 0 Å². The number of carbonyl (C=O) groups is 1. The average molecular weight is 559 g/mol. The van der Waals surface area contributed by atoms with Crippen LogP contribution in [0, 0.1) is 11.6 Å². The van der Waals surface area contributed by atoms with E-state index in [1.165, 1.54) is 24.3 Å². The molecule has 1 aliphatic rings. The zero-order valence-corrected chi connectivity index (χ0v) is 21.6. The largest absolute Gasteiger partial charge is 0.393 e. The number of amides is 1. The summed E-state index contributed by atoms with van der Waals surface area (Å²) in [6.45, 7) is 1.95. The average Bonchev–Trinajstić information content (AvgIpc) is 2.83. The number of hydrogen-bond donors (Lipinski definition) is 3. The van der Waals surface area contributed by atoms with Crippen molar-refractivity contribution in [1.29, 1.82) is 0 Å². The van der Waals surface area contributed by atoms with E-state index in [9.17, 15) is 14.3 Å². The summed E-state index contributed by atoms with van der Waals surface area (Å²) < 4.78 is 29.6. The van der Waals surface area contributed by atoms with Gasteiger partial charge in [0.1, 0.15) is 23.1 Å². The van der Waals surface area contributed by atoms with E-state index in [0.29, 0.717) is 39.8 Å². The van der Waals surface area contributed by atoms with Crippen molar-refractivity contribution in [3.05, 3.63) is 75.5 Å². The van der Waals surface area contributed by atoms with E-state index in [1.807, 2.05) is 6.92 Å². The van der Waals surface area contributed by atoms with Crippen LogP contribution in [0.2, 0.25) is 0 Å². The molecule has 1 aromatic heterocycles. The van der Waals surface area contributed by atoms with Gasteiger partial charge < -0.3 is 16.2 Å². The molecule has 6 nitrogen and oxygen atoms in total. The first-order chi connectivity index (χ1) is 17.2. The van der Waals surface area contributed by atoms with Gasteiger partial charge in [-0.05, 0) is 61.6 Å². The van der Waals surface area contributed by atoms with Crippen LogP contribution in [0.5, 0.6) is 0 Å². The fourth-order valence-corrected chi connectivity index (χ4v) is 5.21. The topological polar surface area (TPSA) is 101 Å². The highest BCUT2D eigenvalue weighted by atomic mass is 79.9. The molecule has 0 spiro atoms. The smallest absolute Gasteiger partial charge is 0.254 e. The number of nitrogens with one attached hydrogen (secondary N) is 1. The molecule has 1 saturated carbocycles. The summed E-state index contributed by atoms with van der Waals surface area (Å²) in [4.78, 5) is 21.9. The number of halogens is 3. The molecule has 3 atom stereocenters. The Kier molecular flexibility index (Phi) is 8.31. The molecule has 1 heterocycles. The van der Waals surface area contributed by atoms with Crippen LogP contribution in [0.25, 0.3) is 11.3 Å². The highest BCUT2D eigenvalue weighted by Crippen LogP contribution is 2.34. The van der Waals surface area contributed by atoms with Crippen LogP contribution in [0.15, 0.2) is 47.1 Å². The summed E-state index contributed by atoms with van der Waals surface area (Å²) in [6.07, 6.45) is 5.72. The number of aromatic nitrogens is 2. The maximum atomic E-state index is 15.1. The van der Waals surface area contributed by atoms with E-state index in [1.54, 1.807) is 18.3 Å². The second kappa shape index (κ2) is 11.4. The van der Waals surface area contributed by atoms with Crippen molar-refractivity contribution in [2.75, 3.05) is 5.73 Å². The molecule has 190 valence electrons. The van der Waals surface area contributed by atoms with E-state index in [0.717, 1.165) is 25.7 Å². The van der Waals surface area contributed by atoms with Gasteiger partial charge in [-0.3, -0.25) is 4.79 Å². The Hall–Kier alpha value is -2.91. The highest BCUT2D eigenvalue weighted by molar-refractivity contribution is 9.10. The number of aliphatic hydroxyl groups excluding tert-OH is 1. The molecule has 2 aromatic carbocycles. The lowest BCUT2D eigenvalue weighted by Gasteiger charge is -2.25. The summed E-state index contributed by atoms with van der Waals surface area (Å²) >= 11 is 3.28. The third-order valence-corrected chi connectivity index (χ3v) is 7.00. The number of benzene rings is 2. The summed E-state index contributed by atoms with van der Waals surface area (Å²) in [6, 6.07) is 8.18. The molecule has 0 bridgehead atoms. The van der Waals surface area contributed by atoms with Gasteiger partial charge in [0, 0.05) is 16.0 Å². The van der Waals surface area contributed by atoms with E-state index >= 15 is 4.39 Å². The van der Waals surface area contributed by atoms with E-state index in [4.69, 9.17) is 5.73 Å². The molecule has 9 heteroatoms. The number of nitrogens with two attached hydrogens (primary N) is 1. The van der Waals surface area contributed by atoms with Crippen molar-refractivity contribution in [1.82, 2.24) is 15.3 Å². The molecule has 1 aliphatic carbocycles. The molecule has 4 rings (SSSR count). The SMILES string of the molecule is CCC[C@@H](NC(=O)c1ccc(-c2nc([C@@H]3CCC[C@H](O)C3)cnc2N)cc1F)c1cc(F)cc(Br)c1. The van der Waals surface area contributed by atoms with Gasteiger partial charge in [-0.1, -0.05) is 41.8 Å². The second-order valence-corrected chi connectivity index (χ2v) is 10.2. The maximum absolute atomic E-state index is 15.1. The van der Waals surface area contributed by atoms with Gasteiger partial charge in [0.2, 0.25) is 0 Å². The van der Waals surface area contributed by atoms with Gasteiger partial charge in [0.15, 0.2) is 0 Å². The Balaban J connectivity index is 1.57. The molecular weight excluding hydrogens is 530 g/mol. The van der Waals surface area contributed by atoms with Crippen LogP contribution in [-0.2, 0) is 0 Å². The highest BCUT2D eigenvalue weighted by Gasteiger charge is 2.25. The van der Waals surface area contributed by atoms with Crippen molar-refractivity contribution in [2.24, 2.45) is 0 Å². The lowest BCUT2D eigenvalue weighted by Crippen LogP contribution is -2.29. The number of aliphatic hydroxyl groups is 1. The molecule has 36 heavy (non-hydrogen) atoms. The number of nitrogens with zero attached hydrogens (tertiary/aromatic N) is 2. The fourth-order valence-electron chi connectivity index (χ4n) is 4.72. The molecule has 1 amide bonds. The Bertz CT molecular complexity index is 1240. The molecule has 0 aliphatic heterocycles. The lowest BCUT2D eigenvalue weighted by atomic mass is 9.85. The van der Waals surface area contributed by atoms with Gasteiger partial charge in [0.05, 0.1) is 29.6 Å². The van der Waals surface area contributed by atoms with Crippen LogP contribution < -0.4 is 11.1 Å². The maximum Gasteiger partial charge on any atom is 0.254 e. The van der Waals surface area contributed by atoms with Crippen LogP contribution in [0.3, 0.4) is 0 Å². The van der Waals surface area contributed by atoms with Gasteiger partial charge in [0.25, 0.3) is 5.91 Å². The number of rotatable bonds is 7. The number of hydrogen-bond acceptors (Lipinski definition) is 5. The Morgan fingerprint density at radius 3 is 2.75 bits per heavy atom. The normalized spacial score (nSPS) is 18.6. The first-order valence-corrected chi connectivity index (χ1v) is 12.9. The summed E-state index contributed by atoms with van der Waals surface area (Å²) in [5.74, 6) is -1.52. The van der Waals surface area contributed by atoms with E-state index in [2.05, 4.69) is 31.2 Å². The van der Waals surface area contributed by atoms with Crippen molar-refractivity contribution in [3.63, 3.8) is 0 Å². The first kappa shape index (κ1) is 26.2. The van der Waals surface area contributed by atoms with Crippen LogP contribution in [0.1, 0.15) is 79.0 Å². The zero-order valence-electron chi connectivity index (χ0n) is 20.0. The second-order valence-electron chi connectivity index (χ2n) is 9.26. The van der Waals surface area contributed by atoms with Gasteiger partial charge >= 0.3 is 0 Å². The van der Waals surface area contributed by atoms with Gasteiger partial charge in [-0.2, -0.15) is 0 Å². The Morgan fingerprint density at radius 2 is 2.06 bits per heavy atom. The minimum absolute atomic E-state index is 0.0638. The van der Waals surface area contributed by atoms with Crippen molar-refractivity contribution < 1.29 is 18.7 Å². The number of anilines is 1. The molecule has 1 fully saturated rings. The quantitative estimate of drug-likeness (QED) is 0.327. The standard InChI is InChI=1S/C27H29BrF2N4O2/c1-2-4-23(17-9-18(28)13-19(29)10-17)34-27(36)21-8-7-16(12-22(21)30)25-26(31)32-14-24(33-25)15-5-3-6-20(35)11-15/h7-10,12-15,20,23,35H,2-6,11H2,1H3,(H2,31,32)(H,34,36)/t15-,20+,23-/m1/s1. The molecule has 4 N–H and O–H groups in total. The van der Waals surface area contributed by atoms with Crippen LogP contribution >= 0.6 is 15.9 Å². The first-order valence-electron chi connectivity index (χ1n) is 12.1. The van der Waals surface area contributed by atoms with E-state index < -0.39 is 23.6 Å². The van der Waals surface area contributed by atoms with Crippen molar-refractivity contribution >= 4 is 27.7 Å². The number of nitrogen functional groups attached to an aromatic ring is 1. The van der Waals surface area contributed by atoms with Gasteiger partial charge in [-0.25, -0.2) is 18.7 Å². The minimum Gasteiger partial charge on any atom is -0.393 e. The molecule has 0 radical (unpaired) electrons. The Labute approximate surface area is 217 Å². The molecule has 3 aromatic rings. The molecule has 0 saturated heterocycles. The van der Waals surface area contributed by atoms with Crippen molar-refractivity contribution in [2.45, 2.75) is 63.5 Å². The molecule has 0 unspecified atom stereocenters. The predicted molar refractivity (Wildman–Crippen MR) is 138 cm³/mol.